The van der Waals surface area contributed by atoms with Crippen LogP contribution in [-0.4, -0.2) is 30.4 Å². The molecule has 0 saturated carbocycles. The van der Waals surface area contributed by atoms with Gasteiger partial charge in [-0.3, -0.25) is 4.99 Å². The van der Waals surface area contributed by atoms with Crippen LogP contribution in [0.4, 0.5) is 0 Å². The topological polar surface area (TPSA) is 69.7 Å². The third-order valence-electron chi connectivity index (χ3n) is 2.25. The summed E-state index contributed by atoms with van der Waals surface area (Å²) in [5, 5.41) is 0. The highest BCUT2D eigenvalue weighted by atomic mass is 16.5. The van der Waals surface area contributed by atoms with Crippen molar-refractivity contribution in [2.45, 2.75) is 6.54 Å². The van der Waals surface area contributed by atoms with Gasteiger partial charge in [0.2, 0.25) is 11.8 Å². The van der Waals surface area contributed by atoms with Gasteiger partial charge in [0, 0.05) is 6.21 Å². The van der Waals surface area contributed by atoms with E-state index in [2.05, 4.69) is 15.0 Å². The molecule has 0 bridgehead atoms. The number of aromatic nitrogens is 2. The molecule has 2 rings (SSSR count). The van der Waals surface area contributed by atoms with Crippen LogP contribution in [0.1, 0.15) is 11.3 Å². The summed E-state index contributed by atoms with van der Waals surface area (Å²) in [6.45, 7) is 0.439. The van der Waals surface area contributed by atoms with Gasteiger partial charge in [-0.1, -0.05) is 0 Å². The van der Waals surface area contributed by atoms with Crippen molar-refractivity contribution in [3.05, 3.63) is 36.0 Å². The molecular formula is C12H13N3O3. The molecule has 0 aliphatic carbocycles. The lowest BCUT2D eigenvalue weighted by atomic mass is 10.3. The Morgan fingerprint density at radius 2 is 2.00 bits per heavy atom. The molecule has 0 aliphatic rings. The molecule has 94 valence electrons. The van der Waals surface area contributed by atoms with Crippen molar-refractivity contribution < 1.29 is 13.9 Å². The first-order valence-corrected chi connectivity index (χ1v) is 5.30. The molecule has 2 aromatic rings. The molecule has 18 heavy (non-hydrogen) atoms. The molecule has 0 N–H and O–H groups in total. The van der Waals surface area contributed by atoms with Crippen LogP contribution in [-0.2, 0) is 6.54 Å². The van der Waals surface area contributed by atoms with E-state index in [9.17, 15) is 0 Å². The van der Waals surface area contributed by atoms with E-state index in [1.807, 2.05) is 12.1 Å². The van der Waals surface area contributed by atoms with Gasteiger partial charge >= 0.3 is 0 Å². The van der Waals surface area contributed by atoms with Crippen LogP contribution < -0.4 is 9.47 Å². The first-order valence-electron chi connectivity index (χ1n) is 5.30. The number of hydrogen-bond donors (Lipinski definition) is 0. The average Bonchev–Trinajstić information content (AvgIpc) is 2.92. The van der Waals surface area contributed by atoms with Crippen molar-refractivity contribution in [2.24, 2.45) is 4.99 Å². The standard InChI is InChI=1S/C12H13N3O3/c1-16-11-10(12(17-2)15-8-14-11)7-13-6-9-4-3-5-18-9/h3-5,7-8H,6H2,1-2H3. The lowest BCUT2D eigenvalue weighted by molar-refractivity contribution is 0.370. The second-order valence-electron chi connectivity index (χ2n) is 3.36. The lowest BCUT2D eigenvalue weighted by Crippen LogP contribution is -2.00. The summed E-state index contributed by atoms with van der Waals surface area (Å²) in [6.07, 6.45) is 4.60. The molecule has 0 fully saturated rings. The van der Waals surface area contributed by atoms with Crippen molar-refractivity contribution in [1.82, 2.24) is 9.97 Å². The Labute approximate surface area is 104 Å². The van der Waals surface area contributed by atoms with E-state index in [0.717, 1.165) is 5.76 Å². The molecule has 6 heteroatoms. The zero-order chi connectivity index (χ0) is 12.8. The summed E-state index contributed by atoms with van der Waals surface area (Å²) in [5.41, 5.74) is 0.606. The minimum Gasteiger partial charge on any atom is -0.480 e. The van der Waals surface area contributed by atoms with Gasteiger partial charge in [-0.05, 0) is 12.1 Å². The maximum atomic E-state index is 5.18. The lowest BCUT2D eigenvalue weighted by Gasteiger charge is -2.06. The van der Waals surface area contributed by atoms with E-state index >= 15 is 0 Å². The zero-order valence-electron chi connectivity index (χ0n) is 10.2. The van der Waals surface area contributed by atoms with Gasteiger partial charge < -0.3 is 13.9 Å². The van der Waals surface area contributed by atoms with E-state index in [1.165, 1.54) is 20.5 Å². The predicted molar refractivity (Wildman–Crippen MR) is 65.1 cm³/mol. The van der Waals surface area contributed by atoms with Crippen molar-refractivity contribution >= 4 is 6.21 Å². The van der Waals surface area contributed by atoms with Crippen LogP contribution >= 0.6 is 0 Å². The quantitative estimate of drug-likeness (QED) is 0.752. The minimum atomic E-state index is 0.421. The minimum absolute atomic E-state index is 0.421. The smallest absolute Gasteiger partial charge is 0.229 e. The predicted octanol–water partition coefficient (Wildman–Crippen LogP) is 1.71. The Morgan fingerprint density at radius 3 is 2.56 bits per heavy atom. The number of methoxy groups -OCH3 is 2. The summed E-state index contributed by atoms with van der Waals surface area (Å²) in [6, 6.07) is 3.67. The normalized spacial score (nSPS) is 10.8. The number of ether oxygens (including phenoxy) is 2. The van der Waals surface area contributed by atoms with Crippen molar-refractivity contribution in [3.8, 4) is 11.8 Å². The van der Waals surface area contributed by atoms with Crippen LogP contribution in [0.5, 0.6) is 11.8 Å². The summed E-state index contributed by atoms with van der Waals surface area (Å²) < 4.78 is 15.4. The fourth-order valence-electron chi connectivity index (χ4n) is 1.43. The van der Waals surface area contributed by atoms with Gasteiger partial charge in [0.25, 0.3) is 0 Å². The summed E-state index contributed by atoms with van der Waals surface area (Å²) in [4.78, 5) is 12.2. The summed E-state index contributed by atoms with van der Waals surface area (Å²) in [7, 11) is 3.07. The molecule has 6 nitrogen and oxygen atoms in total. The number of aliphatic imine (C=N–C) groups is 1. The number of rotatable bonds is 5. The van der Waals surface area contributed by atoms with Crippen molar-refractivity contribution in [2.75, 3.05) is 14.2 Å². The number of furan rings is 1. The highest BCUT2D eigenvalue weighted by Gasteiger charge is 2.10. The van der Waals surface area contributed by atoms with Gasteiger partial charge in [0.15, 0.2) is 0 Å². The molecule has 0 atom stereocenters. The molecular weight excluding hydrogens is 234 g/mol. The van der Waals surface area contributed by atoms with Crippen molar-refractivity contribution in [3.63, 3.8) is 0 Å². The maximum absolute atomic E-state index is 5.18. The van der Waals surface area contributed by atoms with Crippen LogP contribution in [0.3, 0.4) is 0 Å². The van der Waals surface area contributed by atoms with Gasteiger partial charge in [0.1, 0.15) is 17.7 Å². The second-order valence-corrected chi connectivity index (χ2v) is 3.36. The molecule has 2 heterocycles. The van der Waals surface area contributed by atoms with E-state index in [1.54, 1.807) is 12.5 Å². The second kappa shape index (κ2) is 5.81. The van der Waals surface area contributed by atoms with Gasteiger partial charge in [-0.15, -0.1) is 0 Å². The monoisotopic (exact) mass is 247 g/mol. The van der Waals surface area contributed by atoms with Crippen molar-refractivity contribution in [1.29, 1.82) is 0 Å². The van der Waals surface area contributed by atoms with Gasteiger partial charge in [0.05, 0.1) is 27.0 Å². The molecule has 0 spiro atoms. The third-order valence-corrected chi connectivity index (χ3v) is 2.25. The fraction of sp³-hybridized carbons (Fsp3) is 0.250. The van der Waals surface area contributed by atoms with Crippen LogP contribution in [0.15, 0.2) is 34.1 Å². The molecule has 0 saturated heterocycles. The zero-order valence-corrected chi connectivity index (χ0v) is 10.2. The van der Waals surface area contributed by atoms with Crippen LogP contribution in [0.2, 0.25) is 0 Å². The van der Waals surface area contributed by atoms with Crippen LogP contribution in [0, 0.1) is 0 Å². The Balaban J connectivity index is 2.19. The van der Waals surface area contributed by atoms with E-state index in [-0.39, 0.29) is 0 Å². The summed E-state index contributed by atoms with van der Waals surface area (Å²) in [5.74, 6) is 1.62. The molecule has 2 aromatic heterocycles. The van der Waals surface area contributed by atoms with Gasteiger partial charge in [-0.25, -0.2) is 9.97 Å². The molecule has 0 unspecified atom stereocenters. The molecule has 0 aliphatic heterocycles. The molecule has 0 aromatic carbocycles. The Kier molecular flexibility index (Phi) is 3.90. The van der Waals surface area contributed by atoms with Crippen LogP contribution in [0.25, 0.3) is 0 Å². The number of nitrogens with zero attached hydrogens (tertiary/aromatic N) is 3. The Bertz CT molecular complexity index is 501. The highest BCUT2D eigenvalue weighted by molar-refractivity contribution is 5.85. The highest BCUT2D eigenvalue weighted by Crippen LogP contribution is 2.21. The SMILES string of the molecule is COc1ncnc(OC)c1C=NCc1ccco1. The first kappa shape index (κ1) is 12.1. The van der Waals surface area contributed by atoms with E-state index in [0.29, 0.717) is 23.9 Å². The third kappa shape index (κ3) is 2.65. The van der Waals surface area contributed by atoms with Gasteiger partial charge in [-0.2, -0.15) is 0 Å². The Morgan fingerprint density at radius 1 is 1.28 bits per heavy atom. The Hall–Kier alpha value is -2.37. The first-order chi connectivity index (χ1) is 8.85. The molecule has 0 radical (unpaired) electrons. The molecule has 0 amide bonds. The number of hydrogen-bond acceptors (Lipinski definition) is 6. The summed E-state index contributed by atoms with van der Waals surface area (Å²) >= 11 is 0. The average molecular weight is 247 g/mol. The fourth-order valence-corrected chi connectivity index (χ4v) is 1.43. The maximum Gasteiger partial charge on any atom is 0.229 e. The largest absolute Gasteiger partial charge is 0.480 e. The van der Waals surface area contributed by atoms with E-state index < -0.39 is 0 Å². The van der Waals surface area contributed by atoms with E-state index in [4.69, 9.17) is 13.9 Å².